The summed E-state index contributed by atoms with van der Waals surface area (Å²) in [6, 6.07) is 1.44. The average molecular weight is 335 g/mol. The first kappa shape index (κ1) is 16.1. The highest BCUT2D eigenvalue weighted by molar-refractivity contribution is 7.13. The Morgan fingerprint density at radius 2 is 2.43 bits per heavy atom. The molecule has 7 nitrogen and oxygen atoms in total. The largest absolute Gasteiger partial charge is 0.374 e. The van der Waals surface area contributed by atoms with E-state index >= 15 is 0 Å². The Kier molecular flexibility index (Phi) is 5.04. The number of likely N-dealkylation sites (N-methyl/N-ethyl adjacent to an activating group) is 1. The highest BCUT2D eigenvalue weighted by atomic mass is 32.1. The fraction of sp³-hybridized carbons (Fsp3) is 0.533. The van der Waals surface area contributed by atoms with Gasteiger partial charge in [-0.2, -0.15) is 5.10 Å². The van der Waals surface area contributed by atoms with Crippen LogP contribution in [0, 0.1) is 0 Å². The van der Waals surface area contributed by atoms with Gasteiger partial charge in [-0.1, -0.05) is 0 Å². The van der Waals surface area contributed by atoms with Crippen LogP contribution in [0.4, 0.5) is 5.13 Å². The van der Waals surface area contributed by atoms with Crippen molar-refractivity contribution >= 4 is 22.4 Å². The molecule has 0 bridgehead atoms. The molecule has 0 N–H and O–H groups in total. The fourth-order valence-corrected chi connectivity index (χ4v) is 3.30. The number of amides is 1. The van der Waals surface area contributed by atoms with E-state index in [0.29, 0.717) is 18.3 Å². The second kappa shape index (κ2) is 7.20. The van der Waals surface area contributed by atoms with Crippen LogP contribution in [0.15, 0.2) is 30.0 Å². The molecule has 124 valence electrons. The van der Waals surface area contributed by atoms with Crippen molar-refractivity contribution in [2.24, 2.45) is 0 Å². The van der Waals surface area contributed by atoms with Crippen LogP contribution in [0.2, 0.25) is 0 Å². The number of morpholine rings is 1. The Morgan fingerprint density at radius 1 is 1.57 bits per heavy atom. The normalized spacial score (nSPS) is 20.3. The highest BCUT2D eigenvalue weighted by Gasteiger charge is 2.29. The molecule has 0 saturated carbocycles. The Morgan fingerprint density at radius 3 is 3.09 bits per heavy atom. The summed E-state index contributed by atoms with van der Waals surface area (Å²) in [5.74, 6) is -0.0273. The number of rotatable bonds is 5. The fourth-order valence-electron chi connectivity index (χ4n) is 2.64. The van der Waals surface area contributed by atoms with Crippen LogP contribution in [-0.2, 0) is 9.53 Å². The first-order valence-corrected chi connectivity index (χ1v) is 8.53. The van der Waals surface area contributed by atoms with Crippen LogP contribution in [0.25, 0.3) is 0 Å². The molecule has 0 aromatic carbocycles. The summed E-state index contributed by atoms with van der Waals surface area (Å²) in [5.41, 5.74) is 0. The molecule has 2 aromatic heterocycles. The quantitative estimate of drug-likeness (QED) is 0.823. The standard InChI is InChI=1S/C15H21N5O2S/c1-12(20-6-3-4-17-20)14(21)19(15-16-5-9-23-15)11-13-10-18(2)7-8-22-13/h3-6,9,12-13H,7-8,10-11H2,1-2H3/t12-,13-/m0/s1. The molecule has 0 unspecified atom stereocenters. The molecular weight excluding hydrogens is 314 g/mol. The zero-order chi connectivity index (χ0) is 16.2. The van der Waals surface area contributed by atoms with E-state index in [2.05, 4.69) is 22.0 Å². The topological polar surface area (TPSA) is 63.5 Å². The lowest BCUT2D eigenvalue weighted by atomic mass is 10.2. The molecule has 1 aliphatic rings. The molecule has 23 heavy (non-hydrogen) atoms. The monoisotopic (exact) mass is 335 g/mol. The minimum Gasteiger partial charge on any atom is -0.374 e. The molecule has 0 aliphatic carbocycles. The van der Waals surface area contributed by atoms with Crippen molar-refractivity contribution in [2.45, 2.75) is 19.1 Å². The number of ether oxygens (including phenoxy) is 1. The van der Waals surface area contributed by atoms with Crippen molar-refractivity contribution in [3.8, 4) is 0 Å². The third-order valence-electron chi connectivity index (χ3n) is 3.92. The second-order valence-corrected chi connectivity index (χ2v) is 6.55. The lowest BCUT2D eigenvalue weighted by Gasteiger charge is -2.33. The van der Waals surface area contributed by atoms with Crippen LogP contribution in [0.5, 0.6) is 0 Å². The minimum absolute atomic E-state index is 0.00794. The molecule has 8 heteroatoms. The van der Waals surface area contributed by atoms with Crippen molar-refractivity contribution in [1.82, 2.24) is 19.7 Å². The molecule has 1 saturated heterocycles. The summed E-state index contributed by atoms with van der Waals surface area (Å²) < 4.78 is 7.48. The summed E-state index contributed by atoms with van der Waals surface area (Å²) in [4.78, 5) is 21.2. The molecule has 0 spiro atoms. The maximum absolute atomic E-state index is 13.0. The third-order valence-corrected chi connectivity index (χ3v) is 4.72. The smallest absolute Gasteiger partial charge is 0.253 e. The van der Waals surface area contributed by atoms with Crippen LogP contribution in [0.1, 0.15) is 13.0 Å². The van der Waals surface area contributed by atoms with Gasteiger partial charge < -0.3 is 9.64 Å². The van der Waals surface area contributed by atoms with Gasteiger partial charge in [-0.3, -0.25) is 14.4 Å². The van der Waals surface area contributed by atoms with Crippen LogP contribution in [-0.4, -0.2) is 65.0 Å². The van der Waals surface area contributed by atoms with Crippen molar-refractivity contribution in [3.63, 3.8) is 0 Å². The van der Waals surface area contributed by atoms with Crippen molar-refractivity contribution < 1.29 is 9.53 Å². The first-order chi connectivity index (χ1) is 11.1. The van der Waals surface area contributed by atoms with Gasteiger partial charge in [0.15, 0.2) is 5.13 Å². The van der Waals surface area contributed by atoms with Gasteiger partial charge in [0.2, 0.25) is 0 Å². The van der Waals surface area contributed by atoms with E-state index < -0.39 is 0 Å². The van der Waals surface area contributed by atoms with Crippen molar-refractivity contribution in [2.75, 3.05) is 38.2 Å². The Bertz CT molecular complexity index is 616. The van der Waals surface area contributed by atoms with Gasteiger partial charge in [0.25, 0.3) is 5.91 Å². The zero-order valence-electron chi connectivity index (χ0n) is 13.3. The zero-order valence-corrected chi connectivity index (χ0v) is 14.1. The predicted octanol–water partition coefficient (Wildman–Crippen LogP) is 1.26. The number of hydrogen-bond acceptors (Lipinski definition) is 6. The van der Waals surface area contributed by atoms with E-state index in [1.807, 2.05) is 18.4 Å². The summed E-state index contributed by atoms with van der Waals surface area (Å²) in [6.45, 7) is 4.78. The van der Waals surface area contributed by atoms with Crippen LogP contribution < -0.4 is 4.90 Å². The molecule has 3 heterocycles. The summed E-state index contributed by atoms with van der Waals surface area (Å²) >= 11 is 1.46. The summed E-state index contributed by atoms with van der Waals surface area (Å²) in [7, 11) is 2.07. The van der Waals surface area contributed by atoms with E-state index in [-0.39, 0.29) is 18.1 Å². The van der Waals surface area contributed by atoms with E-state index in [1.165, 1.54) is 11.3 Å². The average Bonchev–Trinajstić information content (AvgIpc) is 3.24. The number of carbonyl (C=O) groups is 1. The number of aromatic nitrogens is 3. The van der Waals surface area contributed by atoms with E-state index in [1.54, 1.807) is 28.2 Å². The maximum Gasteiger partial charge on any atom is 0.253 e. The van der Waals surface area contributed by atoms with Gasteiger partial charge in [-0.05, 0) is 20.0 Å². The Labute approximate surface area is 139 Å². The molecule has 1 amide bonds. The van der Waals surface area contributed by atoms with Gasteiger partial charge in [0.1, 0.15) is 6.04 Å². The first-order valence-electron chi connectivity index (χ1n) is 7.65. The van der Waals surface area contributed by atoms with Gasteiger partial charge >= 0.3 is 0 Å². The molecule has 3 rings (SSSR count). The van der Waals surface area contributed by atoms with E-state index in [0.717, 1.165) is 13.1 Å². The number of hydrogen-bond donors (Lipinski definition) is 0. The highest BCUT2D eigenvalue weighted by Crippen LogP contribution is 2.22. The summed E-state index contributed by atoms with van der Waals surface area (Å²) in [6.07, 6.45) is 5.18. The van der Waals surface area contributed by atoms with Crippen LogP contribution >= 0.6 is 11.3 Å². The predicted molar refractivity (Wildman–Crippen MR) is 88.6 cm³/mol. The third kappa shape index (κ3) is 3.77. The summed E-state index contributed by atoms with van der Waals surface area (Å²) in [5, 5.41) is 6.75. The van der Waals surface area contributed by atoms with Gasteiger partial charge in [-0.15, -0.1) is 11.3 Å². The van der Waals surface area contributed by atoms with E-state index in [4.69, 9.17) is 4.74 Å². The lowest BCUT2D eigenvalue weighted by Crippen LogP contribution is -2.48. The molecule has 1 aliphatic heterocycles. The Balaban J connectivity index is 1.77. The number of thiazole rings is 1. The molecule has 2 aromatic rings. The molecule has 0 radical (unpaired) electrons. The second-order valence-electron chi connectivity index (χ2n) is 5.68. The number of nitrogens with zero attached hydrogens (tertiary/aromatic N) is 5. The minimum atomic E-state index is -0.379. The molecular formula is C15H21N5O2S. The van der Waals surface area contributed by atoms with Gasteiger partial charge in [-0.25, -0.2) is 4.98 Å². The van der Waals surface area contributed by atoms with Gasteiger partial charge in [0.05, 0.1) is 19.3 Å². The Hall–Kier alpha value is -1.77. The number of carbonyl (C=O) groups excluding carboxylic acids is 1. The number of anilines is 1. The van der Waals surface area contributed by atoms with E-state index in [9.17, 15) is 4.79 Å². The van der Waals surface area contributed by atoms with Gasteiger partial charge in [0, 0.05) is 37.1 Å². The van der Waals surface area contributed by atoms with Crippen molar-refractivity contribution in [3.05, 3.63) is 30.0 Å². The van der Waals surface area contributed by atoms with Crippen LogP contribution in [0.3, 0.4) is 0 Å². The van der Waals surface area contributed by atoms with Crippen molar-refractivity contribution in [1.29, 1.82) is 0 Å². The molecule has 2 atom stereocenters. The maximum atomic E-state index is 13.0. The molecule has 1 fully saturated rings. The lowest BCUT2D eigenvalue weighted by molar-refractivity contribution is -0.122. The SMILES string of the molecule is C[C@@H](C(=O)N(C[C@@H]1CN(C)CCO1)c1nccs1)n1cccn1.